The summed E-state index contributed by atoms with van der Waals surface area (Å²) >= 11 is 0. The number of hydrogen-bond acceptors (Lipinski definition) is 4. The van der Waals surface area contributed by atoms with E-state index in [0.29, 0.717) is 0 Å². The van der Waals surface area contributed by atoms with Crippen LogP contribution >= 0.6 is 7.60 Å². The van der Waals surface area contributed by atoms with E-state index in [1.165, 1.54) is 6.92 Å². The van der Waals surface area contributed by atoms with Crippen molar-refractivity contribution in [1.82, 2.24) is 10.6 Å². The van der Waals surface area contributed by atoms with Crippen LogP contribution in [0.4, 0.5) is 0 Å². The predicted molar refractivity (Wildman–Crippen MR) is 105 cm³/mol. The highest BCUT2D eigenvalue weighted by molar-refractivity contribution is 7.51. The molecule has 28 heavy (non-hydrogen) atoms. The predicted octanol–water partition coefficient (Wildman–Crippen LogP) is 1.58. The van der Waals surface area contributed by atoms with Gasteiger partial charge in [0.25, 0.3) is 0 Å². The molecule has 0 fully saturated rings. The maximum Gasteiger partial charge on any atom is 0.339 e. The van der Waals surface area contributed by atoms with Gasteiger partial charge in [0.15, 0.2) is 0 Å². The van der Waals surface area contributed by atoms with Crippen LogP contribution in [0.2, 0.25) is 0 Å². The minimum Gasteiger partial charge on any atom is -0.480 e. The first-order valence-electron chi connectivity index (χ1n) is 8.61. The van der Waals surface area contributed by atoms with Gasteiger partial charge in [-0.15, -0.1) is 0 Å². The molecule has 150 valence electrons. The van der Waals surface area contributed by atoms with Gasteiger partial charge in [-0.2, -0.15) is 0 Å². The summed E-state index contributed by atoms with van der Waals surface area (Å²) in [7, 11) is -4.37. The second kappa shape index (κ2) is 9.61. The summed E-state index contributed by atoms with van der Waals surface area (Å²) in [6, 6.07) is 15.0. The Labute approximate surface area is 162 Å². The number of carboxylic acids is 1. The SMILES string of the molecule is C[C@H](NC(=O)[C@H](Cc1ccc(-c2ccccc2)cc1)NCP(=O)(O)O)C(=O)O. The molecule has 2 aromatic carbocycles. The number of hydrogen-bond donors (Lipinski definition) is 5. The van der Waals surface area contributed by atoms with Crippen LogP contribution in [-0.4, -0.2) is 45.1 Å². The fourth-order valence-electron chi connectivity index (χ4n) is 2.56. The Bertz CT molecular complexity index is 850. The molecule has 2 aromatic rings. The zero-order valence-electron chi connectivity index (χ0n) is 15.3. The average Bonchev–Trinajstić information content (AvgIpc) is 2.65. The van der Waals surface area contributed by atoms with Crippen molar-refractivity contribution in [2.24, 2.45) is 0 Å². The van der Waals surface area contributed by atoms with Gasteiger partial charge in [-0.25, -0.2) is 0 Å². The van der Waals surface area contributed by atoms with Gasteiger partial charge in [-0.1, -0.05) is 54.6 Å². The third-order valence-corrected chi connectivity index (χ3v) is 4.68. The lowest BCUT2D eigenvalue weighted by Crippen LogP contribution is -2.50. The van der Waals surface area contributed by atoms with Crippen molar-refractivity contribution in [3.05, 3.63) is 60.2 Å². The van der Waals surface area contributed by atoms with Crippen LogP contribution < -0.4 is 10.6 Å². The summed E-state index contributed by atoms with van der Waals surface area (Å²) in [6.07, 6.45) is -0.540. The van der Waals surface area contributed by atoms with E-state index in [9.17, 15) is 14.2 Å². The molecule has 0 bridgehead atoms. The molecule has 0 saturated carbocycles. The van der Waals surface area contributed by atoms with Gasteiger partial charge >= 0.3 is 13.6 Å². The molecule has 0 unspecified atom stereocenters. The summed E-state index contributed by atoms with van der Waals surface area (Å²) in [5.41, 5.74) is 2.80. The van der Waals surface area contributed by atoms with Gasteiger partial charge in [0.05, 0.1) is 12.3 Å². The van der Waals surface area contributed by atoms with E-state index < -0.39 is 37.8 Å². The smallest absolute Gasteiger partial charge is 0.339 e. The second-order valence-electron chi connectivity index (χ2n) is 6.42. The normalized spacial score (nSPS) is 13.5. The van der Waals surface area contributed by atoms with Crippen molar-refractivity contribution in [3.8, 4) is 11.1 Å². The maximum atomic E-state index is 12.4. The van der Waals surface area contributed by atoms with Crippen molar-refractivity contribution in [1.29, 1.82) is 0 Å². The van der Waals surface area contributed by atoms with E-state index in [1.807, 2.05) is 54.6 Å². The maximum absolute atomic E-state index is 12.4. The molecule has 5 N–H and O–H groups in total. The van der Waals surface area contributed by atoms with Gasteiger partial charge in [0, 0.05) is 0 Å². The number of carboxylic acid groups (broad SMARTS) is 1. The van der Waals surface area contributed by atoms with Crippen LogP contribution in [0.5, 0.6) is 0 Å². The molecule has 0 aliphatic heterocycles. The molecule has 0 saturated heterocycles. The van der Waals surface area contributed by atoms with Crippen molar-refractivity contribution in [2.45, 2.75) is 25.4 Å². The molecule has 0 aliphatic carbocycles. The Hall–Kier alpha value is -2.51. The van der Waals surface area contributed by atoms with E-state index in [-0.39, 0.29) is 6.42 Å². The Morgan fingerprint density at radius 1 is 1.00 bits per heavy atom. The summed E-state index contributed by atoms with van der Waals surface area (Å²) in [5, 5.41) is 13.8. The Morgan fingerprint density at radius 2 is 1.57 bits per heavy atom. The number of carbonyl (C=O) groups is 2. The fourth-order valence-corrected chi connectivity index (χ4v) is 3.02. The zero-order valence-corrected chi connectivity index (χ0v) is 16.2. The van der Waals surface area contributed by atoms with E-state index >= 15 is 0 Å². The third kappa shape index (κ3) is 6.90. The monoisotopic (exact) mass is 406 g/mol. The summed E-state index contributed by atoms with van der Waals surface area (Å²) in [5.74, 6) is -1.84. The highest BCUT2D eigenvalue weighted by atomic mass is 31.2. The molecule has 2 atom stereocenters. The quantitative estimate of drug-likeness (QED) is 0.399. The van der Waals surface area contributed by atoms with Gasteiger partial charge in [0.2, 0.25) is 5.91 Å². The van der Waals surface area contributed by atoms with Crippen molar-refractivity contribution in [2.75, 3.05) is 6.29 Å². The minimum atomic E-state index is -4.37. The molecule has 0 spiro atoms. The lowest BCUT2D eigenvalue weighted by Gasteiger charge is -2.20. The van der Waals surface area contributed by atoms with E-state index in [0.717, 1.165) is 16.7 Å². The Kier molecular flexibility index (Phi) is 7.48. The fraction of sp³-hybridized carbons (Fsp3) is 0.263. The second-order valence-corrected chi connectivity index (χ2v) is 8.06. The first-order valence-corrected chi connectivity index (χ1v) is 10.4. The van der Waals surface area contributed by atoms with Gasteiger partial charge < -0.3 is 20.2 Å². The molecule has 1 amide bonds. The van der Waals surface area contributed by atoms with Gasteiger partial charge in [-0.3, -0.25) is 19.5 Å². The van der Waals surface area contributed by atoms with Crippen molar-refractivity contribution < 1.29 is 29.0 Å². The molecule has 8 nitrogen and oxygen atoms in total. The van der Waals surface area contributed by atoms with E-state index in [4.69, 9.17) is 14.9 Å². The third-order valence-electron chi connectivity index (χ3n) is 4.09. The van der Waals surface area contributed by atoms with E-state index in [1.54, 1.807) is 0 Å². The van der Waals surface area contributed by atoms with Crippen LogP contribution in [0, 0.1) is 0 Å². The minimum absolute atomic E-state index is 0.146. The zero-order chi connectivity index (χ0) is 20.7. The van der Waals surface area contributed by atoms with Crippen LogP contribution in [-0.2, 0) is 20.6 Å². The highest BCUT2D eigenvalue weighted by Crippen LogP contribution is 2.32. The number of carbonyl (C=O) groups excluding carboxylic acids is 1. The molecule has 2 rings (SSSR count). The summed E-state index contributed by atoms with van der Waals surface area (Å²) in [6.45, 7) is 1.31. The summed E-state index contributed by atoms with van der Waals surface area (Å²) in [4.78, 5) is 41.5. The first kappa shape index (κ1) is 21.8. The molecule has 0 aromatic heterocycles. The molecule has 0 radical (unpaired) electrons. The molecule has 0 aliphatic rings. The lowest BCUT2D eigenvalue weighted by atomic mass is 10.0. The molecule has 0 heterocycles. The van der Waals surface area contributed by atoms with Crippen molar-refractivity contribution in [3.63, 3.8) is 0 Å². The highest BCUT2D eigenvalue weighted by Gasteiger charge is 2.25. The van der Waals surface area contributed by atoms with Crippen molar-refractivity contribution >= 4 is 19.5 Å². The molecular formula is C19H23N2O6P. The number of rotatable bonds is 9. The van der Waals surface area contributed by atoms with Gasteiger partial charge in [0.1, 0.15) is 6.04 Å². The topological polar surface area (TPSA) is 136 Å². The largest absolute Gasteiger partial charge is 0.480 e. The first-order chi connectivity index (χ1) is 13.2. The van der Waals surface area contributed by atoms with Crippen LogP contribution in [0.1, 0.15) is 12.5 Å². The Morgan fingerprint density at radius 3 is 2.11 bits per heavy atom. The van der Waals surface area contributed by atoms with E-state index in [2.05, 4.69) is 10.6 Å². The number of nitrogens with one attached hydrogen (secondary N) is 2. The summed E-state index contributed by atoms with van der Waals surface area (Å²) < 4.78 is 11.1. The standard InChI is InChI=1S/C19H23N2O6P/c1-13(19(23)24)21-18(22)17(20-12-28(25,26)27)11-14-7-9-16(10-8-14)15-5-3-2-4-6-15/h2-10,13,17,20H,11-12H2,1H3,(H,21,22)(H,23,24)(H2,25,26,27)/t13-,17-/m0/s1. The van der Waals surface area contributed by atoms with Crippen LogP contribution in [0.25, 0.3) is 11.1 Å². The molecular weight excluding hydrogens is 383 g/mol. The number of benzene rings is 2. The van der Waals surface area contributed by atoms with Crippen LogP contribution in [0.3, 0.4) is 0 Å². The average molecular weight is 406 g/mol. The number of aliphatic carboxylic acids is 1. The van der Waals surface area contributed by atoms with Gasteiger partial charge in [-0.05, 0) is 30.0 Å². The number of amides is 1. The lowest BCUT2D eigenvalue weighted by molar-refractivity contribution is -0.141. The molecule has 9 heteroatoms. The Balaban J connectivity index is 2.13. The van der Waals surface area contributed by atoms with Crippen LogP contribution in [0.15, 0.2) is 54.6 Å².